The van der Waals surface area contributed by atoms with Gasteiger partial charge in [0.1, 0.15) is 0 Å². The zero-order chi connectivity index (χ0) is 14.8. The van der Waals surface area contributed by atoms with Crippen LogP contribution in [0.1, 0.15) is 11.1 Å². The van der Waals surface area contributed by atoms with Crippen LogP contribution in [-0.2, 0) is 12.8 Å². The number of fused-ring (bicyclic) bond motifs is 2. The number of rotatable bonds is 3. The highest BCUT2D eigenvalue weighted by Crippen LogP contribution is 2.17. The van der Waals surface area contributed by atoms with Gasteiger partial charge in [0.15, 0.2) is 0 Å². The molecule has 0 bridgehead atoms. The molecule has 22 heavy (non-hydrogen) atoms. The van der Waals surface area contributed by atoms with Crippen molar-refractivity contribution in [2.24, 2.45) is 0 Å². The Labute approximate surface area is 129 Å². The molecule has 0 amide bonds. The van der Waals surface area contributed by atoms with Gasteiger partial charge in [-0.15, -0.1) is 0 Å². The first-order chi connectivity index (χ1) is 10.9. The molecule has 2 heterocycles. The van der Waals surface area contributed by atoms with Crippen LogP contribution in [0.3, 0.4) is 0 Å². The van der Waals surface area contributed by atoms with Crippen molar-refractivity contribution in [3.05, 3.63) is 84.2 Å². The second kappa shape index (κ2) is 5.57. The zero-order valence-electron chi connectivity index (χ0n) is 12.2. The molecule has 4 rings (SSSR count). The standard InChI is InChI=1S/C20H16N2/c1-2-6-19-17(4-1)13-16(14-22-19)8-7-15-9-10-20-18(12-15)5-3-11-21-20/h1-6,9-14H,7-8H2. The van der Waals surface area contributed by atoms with Crippen molar-refractivity contribution >= 4 is 21.8 Å². The summed E-state index contributed by atoms with van der Waals surface area (Å²) in [7, 11) is 0. The van der Waals surface area contributed by atoms with Crippen molar-refractivity contribution < 1.29 is 0 Å². The molecular formula is C20H16N2. The second-order valence-electron chi connectivity index (χ2n) is 5.57. The topological polar surface area (TPSA) is 25.8 Å². The van der Waals surface area contributed by atoms with Crippen molar-refractivity contribution in [2.45, 2.75) is 12.8 Å². The van der Waals surface area contributed by atoms with Gasteiger partial charge in [0.25, 0.3) is 0 Å². The van der Waals surface area contributed by atoms with Crippen LogP contribution >= 0.6 is 0 Å². The lowest BCUT2D eigenvalue weighted by molar-refractivity contribution is 0.956. The third-order valence-electron chi connectivity index (χ3n) is 4.02. The minimum Gasteiger partial charge on any atom is -0.256 e. The molecule has 106 valence electrons. The number of para-hydroxylation sites is 1. The molecule has 2 aromatic heterocycles. The SMILES string of the molecule is c1cnc2ccc(CCc3cnc4ccccc4c3)cc2c1. The minimum atomic E-state index is 1.00. The van der Waals surface area contributed by atoms with Gasteiger partial charge in [-0.05, 0) is 54.3 Å². The van der Waals surface area contributed by atoms with E-state index in [2.05, 4.69) is 58.5 Å². The van der Waals surface area contributed by atoms with Gasteiger partial charge in [0.05, 0.1) is 11.0 Å². The van der Waals surface area contributed by atoms with Gasteiger partial charge in [-0.2, -0.15) is 0 Å². The molecule has 4 aromatic rings. The molecule has 0 spiro atoms. The van der Waals surface area contributed by atoms with E-state index in [1.165, 1.54) is 21.9 Å². The van der Waals surface area contributed by atoms with Gasteiger partial charge < -0.3 is 0 Å². The van der Waals surface area contributed by atoms with Gasteiger partial charge in [-0.1, -0.05) is 30.3 Å². The van der Waals surface area contributed by atoms with Crippen molar-refractivity contribution in [2.75, 3.05) is 0 Å². The molecule has 2 heteroatoms. The van der Waals surface area contributed by atoms with Crippen LogP contribution < -0.4 is 0 Å². The maximum atomic E-state index is 4.53. The third-order valence-corrected chi connectivity index (χ3v) is 4.02. The summed E-state index contributed by atoms with van der Waals surface area (Å²) in [6, 6.07) is 21.1. The Kier molecular flexibility index (Phi) is 3.28. The van der Waals surface area contributed by atoms with Crippen molar-refractivity contribution in [1.29, 1.82) is 0 Å². The highest BCUT2D eigenvalue weighted by Gasteiger charge is 2.01. The summed E-state index contributed by atoms with van der Waals surface area (Å²) >= 11 is 0. The summed E-state index contributed by atoms with van der Waals surface area (Å²) in [5, 5.41) is 2.42. The molecule has 0 N–H and O–H groups in total. The van der Waals surface area contributed by atoms with E-state index in [4.69, 9.17) is 0 Å². The molecule has 0 saturated heterocycles. The molecule has 0 aliphatic rings. The fraction of sp³-hybridized carbons (Fsp3) is 0.100. The smallest absolute Gasteiger partial charge is 0.0702 e. The maximum Gasteiger partial charge on any atom is 0.0702 e. The molecule has 0 fully saturated rings. The normalized spacial score (nSPS) is 11.1. The van der Waals surface area contributed by atoms with E-state index in [1.54, 1.807) is 0 Å². The van der Waals surface area contributed by atoms with Crippen LogP contribution in [0.4, 0.5) is 0 Å². The first kappa shape index (κ1) is 13.0. The first-order valence-corrected chi connectivity index (χ1v) is 7.56. The predicted octanol–water partition coefficient (Wildman–Crippen LogP) is 4.57. The quantitative estimate of drug-likeness (QED) is 0.551. The Bertz CT molecular complexity index is 865. The number of nitrogens with zero attached hydrogens (tertiary/aromatic N) is 2. The van der Waals surface area contributed by atoms with Crippen LogP contribution in [0.2, 0.25) is 0 Å². The van der Waals surface area contributed by atoms with E-state index in [0.717, 1.165) is 23.9 Å². The summed E-state index contributed by atoms with van der Waals surface area (Å²) in [6.45, 7) is 0. The summed E-state index contributed by atoms with van der Waals surface area (Å²) in [5.41, 5.74) is 4.74. The van der Waals surface area contributed by atoms with Crippen molar-refractivity contribution in [3.63, 3.8) is 0 Å². The zero-order valence-corrected chi connectivity index (χ0v) is 12.2. The minimum absolute atomic E-state index is 1.00. The third kappa shape index (κ3) is 2.56. The number of pyridine rings is 2. The Morgan fingerprint density at radius 2 is 1.36 bits per heavy atom. The number of benzene rings is 2. The predicted molar refractivity (Wildman–Crippen MR) is 90.9 cm³/mol. The molecule has 0 unspecified atom stereocenters. The average molecular weight is 284 g/mol. The number of hydrogen-bond acceptors (Lipinski definition) is 2. The van der Waals surface area contributed by atoms with E-state index in [9.17, 15) is 0 Å². The van der Waals surface area contributed by atoms with Gasteiger partial charge in [-0.25, -0.2) is 0 Å². The van der Waals surface area contributed by atoms with Crippen LogP contribution in [-0.4, -0.2) is 9.97 Å². The van der Waals surface area contributed by atoms with Gasteiger partial charge >= 0.3 is 0 Å². The van der Waals surface area contributed by atoms with Crippen molar-refractivity contribution in [3.8, 4) is 0 Å². The molecule has 0 aliphatic carbocycles. The lowest BCUT2D eigenvalue weighted by Gasteiger charge is -2.05. The highest BCUT2D eigenvalue weighted by atomic mass is 14.6. The Balaban J connectivity index is 1.57. The molecule has 0 radical (unpaired) electrons. The van der Waals surface area contributed by atoms with Gasteiger partial charge in [0, 0.05) is 23.2 Å². The van der Waals surface area contributed by atoms with E-state index >= 15 is 0 Å². The van der Waals surface area contributed by atoms with Crippen molar-refractivity contribution in [1.82, 2.24) is 9.97 Å². The monoisotopic (exact) mass is 284 g/mol. The van der Waals surface area contributed by atoms with E-state index in [-0.39, 0.29) is 0 Å². The maximum absolute atomic E-state index is 4.53. The number of hydrogen-bond donors (Lipinski definition) is 0. The summed E-state index contributed by atoms with van der Waals surface area (Å²) in [5.74, 6) is 0. The Morgan fingerprint density at radius 3 is 2.32 bits per heavy atom. The summed E-state index contributed by atoms with van der Waals surface area (Å²) < 4.78 is 0. The van der Waals surface area contributed by atoms with Crippen LogP contribution in [0.5, 0.6) is 0 Å². The largest absolute Gasteiger partial charge is 0.256 e. The molecule has 2 nitrogen and oxygen atoms in total. The molecule has 0 aliphatic heterocycles. The first-order valence-electron chi connectivity index (χ1n) is 7.56. The lowest BCUT2D eigenvalue weighted by atomic mass is 10.0. The number of aromatic nitrogens is 2. The van der Waals surface area contributed by atoms with E-state index in [1.807, 2.05) is 24.5 Å². The van der Waals surface area contributed by atoms with Crippen LogP contribution in [0, 0.1) is 0 Å². The van der Waals surface area contributed by atoms with Crippen LogP contribution in [0.25, 0.3) is 21.8 Å². The Morgan fingerprint density at radius 1 is 0.636 bits per heavy atom. The molecule has 0 atom stereocenters. The fourth-order valence-electron chi connectivity index (χ4n) is 2.82. The van der Waals surface area contributed by atoms with E-state index in [0.29, 0.717) is 0 Å². The fourth-order valence-corrected chi connectivity index (χ4v) is 2.82. The molecule has 0 saturated carbocycles. The lowest BCUT2D eigenvalue weighted by Crippen LogP contribution is -1.93. The molecular weight excluding hydrogens is 268 g/mol. The molecule has 2 aromatic carbocycles. The number of aryl methyl sites for hydroxylation is 2. The Hall–Kier alpha value is -2.74. The van der Waals surface area contributed by atoms with Gasteiger partial charge in [0.2, 0.25) is 0 Å². The van der Waals surface area contributed by atoms with Gasteiger partial charge in [-0.3, -0.25) is 9.97 Å². The highest BCUT2D eigenvalue weighted by molar-refractivity contribution is 5.79. The van der Waals surface area contributed by atoms with Crippen LogP contribution in [0.15, 0.2) is 73.1 Å². The van der Waals surface area contributed by atoms with E-state index < -0.39 is 0 Å². The average Bonchev–Trinajstić information content (AvgIpc) is 2.59. The second-order valence-corrected chi connectivity index (χ2v) is 5.57. The summed E-state index contributed by atoms with van der Waals surface area (Å²) in [6.07, 6.45) is 5.85. The summed E-state index contributed by atoms with van der Waals surface area (Å²) in [4.78, 5) is 8.90.